The van der Waals surface area contributed by atoms with Crippen LogP contribution in [0.1, 0.15) is 40.0 Å². The molecule has 0 atom stereocenters. The highest BCUT2D eigenvalue weighted by molar-refractivity contribution is 5.12. The van der Waals surface area contributed by atoms with Gasteiger partial charge in [0.15, 0.2) is 0 Å². The topological polar surface area (TPSA) is 3.24 Å². The molecule has 3 aliphatic heterocycles. The number of hydrogen-bond donors (Lipinski definition) is 0. The van der Waals surface area contributed by atoms with Gasteiger partial charge in [-0.2, -0.15) is 0 Å². The van der Waals surface area contributed by atoms with E-state index >= 15 is 0 Å². The smallest absolute Gasteiger partial charge is 0.0178 e. The van der Waals surface area contributed by atoms with Crippen LogP contribution in [0.25, 0.3) is 0 Å². The SMILES string of the molecule is CC.CCC1=CN2CCC1CC2. The molecule has 3 heterocycles. The Hall–Kier alpha value is -0.460. The minimum atomic E-state index is 0.954. The quantitative estimate of drug-likeness (QED) is 0.580. The highest BCUT2D eigenvalue weighted by Gasteiger charge is 2.25. The number of allylic oxidation sites excluding steroid dienone is 1. The second-order valence-electron chi connectivity index (χ2n) is 3.37. The zero-order valence-corrected chi connectivity index (χ0v) is 8.64. The Bertz CT molecular complexity index is 152. The largest absolute Gasteiger partial charge is 0.377 e. The van der Waals surface area contributed by atoms with Crippen LogP contribution in [0.4, 0.5) is 0 Å². The van der Waals surface area contributed by atoms with Gasteiger partial charge in [0.25, 0.3) is 0 Å². The summed E-state index contributed by atoms with van der Waals surface area (Å²) in [4.78, 5) is 2.47. The Morgan fingerprint density at radius 3 is 2.17 bits per heavy atom. The van der Waals surface area contributed by atoms with E-state index in [0.717, 1.165) is 5.92 Å². The average Bonchev–Trinajstić information content (AvgIpc) is 2.22. The first kappa shape index (κ1) is 9.63. The van der Waals surface area contributed by atoms with Gasteiger partial charge < -0.3 is 4.90 Å². The molecule has 1 fully saturated rings. The van der Waals surface area contributed by atoms with Crippen molar-refractivity contribution in [1.82, 2.24) is 4.90 Å². The van der Waals surface area contributed by atoms with Crippen LogP contribution in [0.2, 0.25) is 0 Å². The minimum Gasteiger partial charge on any atom is -0.377 e. The first-order valence-corrected chi connectivity index (χ1v) is 5.35. The lowest BCUT2D eigenvalue weighted by Crippen LogP contribution is -2.35. The number of piperidine rings is 1. The summed E-state index contributed by atoms with van der Waals surface area (Å²) in [5.41, 5.74) is 1.69. The van der Waals surface area contributed by atoms with Crippen molar-refractivity contribution in [3.8, 4) is 0 Å². The highest BCUT2D eigenvalue weighted by atomic mass is 15.1. The van der Waals surface area contributed by atoms with Gasteiger partial charge in [0.05, 0.1) is 0 Å². The number of hydrogen-bond acceptors (Lipinski definition) is 1. The summed E-state index contributed by atoms with van der Waals surface area (Å²) in [6.45, 7) is 8.90. The molecule has 0 amide bonds. The predicted molar refractivity (Wildman–Crippen MR) is 54.0 cm³/mol. The monoisotopic (exact) mass is 167 g/mol. The summed E-state index contributed by atoms with van der Waals surface area (Å²) in [7, 11) is 0. The summed E-state index contributed by atoms with van der Waals surface area (Å²) in [6.07, 6.45) is 6.48. The Morgan fingerprint density at radius 1 is 1.33 bits per heavy atom. The number of fused-ring (bicyclic) bond motifs is 2. The first-order valence-electron chi connectivity index (χ1n) is 5.35. The molecule has 0 unspecified atom stereocenters. The van der Waals surface area contributed by atoms with Crippen molar-refractivity contribution >= 4 is 0 Å². The molecule has 1 saturated heterocycles. The zero-order valence-electron chi connectivity index (χ0n) is 8.64. The molecular weight excluding hydrogens is 146 g/mol. The normalized spacial score (nSPS) is 21.6. The molecule has 1 heteroatoms. The number of nitrogens with zero attached hydrogens (tertiary/aromatic N) is 1. The maximum absolute atomic E-state index is 2.47. The summed E-state index contributed by atoms with van der Waals surface area (Å²) >= 11 is 0. The molecule has 0 aromatic rings. The van der Waals surface area contributed by atoms with E-state index < -0.39 is 0 Å². The highest BCUT2D eigenvalue weighted by Crippen LogP contribution is 2.32. The lowest BCUT2D eigenvalue weighted by Gasteiger charge is -2.38. The van der Waals surface area contributed by atoms with Gasteiger partial charge in [0.2, 0.25) is 0 Å². The summed E-state index contributed by atoms with van der Waals surface area (Å²) < 4.78 is 0. The lowest BCUT2D eigenvalue weighted by molar-refractivity contribution is 0.227. The van der Waals surface area contributed by atoms with E-state index in [2.05, 4.69) is 18.0 Å². The van der Waals surface area contributed by atoms with E-state index in [1.807, 2.05) is 13.8 Å². The fourth-order valence-corrected chi connectivity index (χ4v) is 2.12. The van der Waals surface area contributed by atoms with Crippen LogP contribution >= 0.6 is 0 Å². The third-order valence-electron chi connectivity index (χ3n) is 2.81. The maximum atomic E-state index is 2.47. The molecule has 3 rings (SSSR count). The van der Waals surface area contributed by atoms with Gasteiger partial charge in [-0.3, -0.25) is 0 Å². The third kappa shape index (κ3) is 1.82. The Labute approximate surface area is 76.5 Å². The molecule has 0 aromatic heterocycles. The van der Waals surface area contributed by atoms with Crippen LogP contribution in [0.5, 0.6) is 0 Å². The van der Waals surface area contributed by atoms with Gasteiger partial charge >= 0.3 is 0 Å². The lowest BCUT2D eigenvalue weighted by atomic mass is 9.85. The summed E-state index contributed by atoms with van der Waals surface area (Å²) in [5.74, 6) is 0.954. The molecule has 0 radical (unpaired) electrons. The van der Waals surface area contributed by atoms with Gasteiger partial charge in [0.1, 0.15) is 0 Å². The van der Waals surface area contributed by atoms with E-state index in [1.165, 1.54) is 32.4 Å². The van der Waals surface area contributed by atoms with E-state index in [0.29, 0.717) is 0 Å². The Morgan fingerprint density at radius 2 is 1.92 bits per heavy atom. The van der Waals surface area contributed by atoms with Gasteiger partial charge in [-0.1, -0.05) is 26.3 Å². The van der Waals surface area contributed by atoms with Crippen molar-refractivity contribution in [2.24, 2.45) is 5.92 Å². The maximum Gasteiger partial charge on any atom is 0.0178 e. The Kier molecular flexibility index (Phi) is 3.64. The van der Waals surface area contributed by atoms with E-state index in [4.69, 9.17) is 0 Å². The molecule has 3 aliphatic rings. The summed E-state index contributed by atoms with van der Waals surface area (Å²) in [5, 5.41) is 0. The molecule has 12 heavy (non-hydrogen) atoms. The molecule has 0 N–H and O–H groups in total. The van der Waals surface area contributed by atoms with E-state index in [-0.39, 0.29) is 0 Å². The van der Waals surface area contributed by atoms with E-state index in [1.54, 1.807) is 5.57 Å². The van der Waals surface area contributed by atoms with Crippen molar-refractivity contribution in [3.05, 3.63) is 11.8 Å². The molecule has 70 valence electrons. The predicted octanol–water partition coefficient (Wildman–Crippen LogP) is 3.03. The van der Waals surface area contributed by atoms with E-state index in [9.17, 15) is 0 Å². The fraction of sp³-hybridized carbons (Fsp3) is 0.818. The second-order valence-corrected chi connectivity index (χ2v) is 3.37. The van der Waals surface area contributed by atoms with Crippen molar-refractivity contribution in [2.75, 3.05) is 13.1 Å². The molecule has 0 aromatic carbocycles. The third-order valence-corrected chi connectivity index (χ3v) is 2.81. The molecular formula is C11H21N. The van der Waals surface area contributed by atoms with Gasteiger partial charge in [-0.05, 0) is 31.4 Å². The van der Waals surface area contributed by atoms with Crippen LogP contribution in [-0.4, -0.2) is 18.0 Å². The molecule has 0 saturated carbocycles. The molecule has 1 nitrogen and oxygen atoms in total. The standard InChI is InChI=1S/C9H15N.C2H6/c1-2-8-7-10-5-3-9(8)4-6-10;1-2/h7,9H,2-6H2,1H3;1-2H3. The second kappa shape index (κ2) is 4.54. The van der Waals surface area contributed by atoms with Gasteiger partial charge in [-0.15, -0.1) is 0 Å². The fourth-order valence-electron chi connectivity index (χ4n) is 2.12. The minimum absolute atomic E-state index is 0.954. The molecule has 0 aliphatic carbocycles. The van der Waals surface area contributed by atoms with Crippen molar-refractivity contribution in [3.63, 3.8) is 0 Å². The first-order chi connectivity index (χ1) is 5.90. The van der Waals surface area contributed by atoms with Crippen LogP contribution in [0.15, 0.2) is 11.8 Å². The number of rotatable bonds is 1. The molecule has 2 bridgehead atoms. The van der Waals surface area contributed by atoms with Crippen LogP contribution in [-0.2, 0) is 0 Å². The van der Waals surface area contributed by atoms with Crippen LogP contribution in [0.3, 0.4) is 0 Å². The Balaban J connectivity index is 0.000000336. The molecule has 0 spiro atoms. The van der Waals surface area contributed by atoms with Crippen LogP contribution in [0, 0.1) is 5.92 Å². The van der Waals surface area contributed by atoms with Gasteiger partial charge in [0, 0.05) is 13.1 Å². The van der Waals surface area contributed by atoms with Crippen molar-refractivity contribution < 1.29 is 0 Å². The summed E-state index contributed by atoms with van der Waals surface area (Å²) in [6, 6.07) is 0. The zero-order chi connectivity index (χ0) is 8.97. The van der Waals surface area contributed by atoms with Crippen LogP contribution < -0.4 is 0 Å². The van der Waals surface area contributed by atoms with Crippen molar-refractivity contribution in [2.45, 2.75) is 40.0 Å². The average molecular weight is 167 g/mol. The van der Waals surface area contributed by atoms with Gasteiger partial charge in [-0.25, -0.2) is 0 Å². The van der Waals surface area contributed by atoms with Crippen molar-refractivity contribution in [1.29, 1.82) is 0 Å².